The van der Waals surface area contributed by atoms with Crippen molar-refractivity contribution < 1.29 is 19.0 Å². The third-order valence-electron chi connectivity index (χ3n) is 6.77. The highest BCUT2D eigenvalue weighted by molar-refractivity contribution is 6.06. The zero-order valence-corrected chi connectivity index (χ0v) is 21.6. The van der Waals surface area contributed by atoms with Gasteiger partial charge in [0, 0.05) is 18.0 Å². The lowest BCUT2D eigenvalue weighted by Gasteiger charge is -2.16. The Morgan fingerprint density at radius 1 is 0.816 bits per heavy atom. The second-order valence-electron chi connectivity index (χ2n) is 8.90. The second-order valence-corrected chi connectivity index (χ2v) is 8.90. The van der Waals surface area contributed by atoms with Gasteiger partial charge in [-0.15, -0.1) is 0 Å². The number of esters is 1. The third-order valence-corrected chi connectivity index (χ3v) is 6.77. The first-order chi connectivity index (χ1) is 18.4. The van der Waals surface area contributed by atoms with E-state index < -0.39 is 17.2 Å². The van der Waals surface area contributed by atoms with E-state index in [1.807, 2.05) is 48.5 Å². The molecule has 0 amide bonds. The fraction of sp³-hybridized carbons (Fsp3) is 0.207. The molecule has 0 aliphatic heterocycles. The number of hydrogen-bond acceptors (Lipinski definition) is 6. The van der Waals surface area contributed by atoms with E-state index in [4.69, 9.17) is 14.2 Å². The zero-order chi connectivity index (χ0) is 27.0. The molecule has 2 heterocycles. The van der Waals surface area contributed by atoms with Gasteiger partial charge in [0.15, 0.2) is 0 Å². The summed E-state index contributed by atoms with van der Waals surface area (Å²) in [6.45, 7) is 0.160. The van der Waals surface area contributed by atoms with E-state index in [-0.39, 0.29) is 13.1 Å². The summed E-state index contributed by atoms with van der Waals surface area (Å²) in [5.74, 6) is 0.592. The average molecular weight is 514 g/mol. The van der Waals surface area contributed by atoms with Gasteiger partial charge in [0.25, 0.3) is 5.56 Å². The Bertz CT molecular complexity index is 1800. The molecule has 3 aromatic carbocycles. The van der Waals surface area contributed by atoms with Crippen LogP contribution in [0.3, 0.4) is 0 Å². The molecule has 0 atom stereocenters. The van der Waals surface area contributed by atoms with E-state index in [1.54, 1.807) is 41.5 Å². The van der Waals surface area contributed by atoms with Gasteiger partial charge in [-0.25, -0.2) is 9.59 Å². The fourth-order valence-corrected chi connectivity index (χ4v) is 4.87. The first-order valence-electron chi connectivity index (χ1n) is 12.0. The molecule has 9 nitrogen and oxygen atoms in total. The molecule has 0 N–H and O–H groups in total. The minimum atomic E-state index is -0.504. The van der Waals surface area contributed by atoms with Crippen LogP contribution in [0.4, 0.5) is 0 Å². The van der Waals surface area contributed by atoms with E-state index in [9.17, 15) is 14.4 Å². The predicted molar refractivity (Wildman–Crippen MR) is 144 cm³/mol. The van der Waals surface area contributed by atoms with Crippen LogP contribution in [0.2, 0.25) is 0 Å². The summed E-state index contributed by atoms with van der Waals surface area (Å²) in [5, 5.41) is 0.700. The number of hydrogen-bond donors (Lipinski definition) is 0. The molecule has 5 aromatic rings. The van der Waals surface area contributed by atoms with E-state index >= 15 is 0 Å². The van der Waals surface area contributed by atoms with Crippen LogP contribution in [0.1, 0.15) is 21.5 Å². The van der Waals surface area contributed by atoms with Crippen molar-refractivity contribution in [3.05, 3.63) is 104 Å². The van der Waals surface area contributed by atoms with Crippen molar-refractivity contribution >= 4 is 27.9 Å². The minimum absolute atomic E-state index is 0.0503. The van der Waals surface area contributed by atoms with Crippen molar-refractivity contribution in [3.8, 4) is 11.5 Å². The first kappa shape index (κ1) is 24.9. The summed E-state index contributed by atoms with van der Waals surface area (Å²) in [6, 6.07) is 19.8. The van der Waals surface area contributed by atoms with Crippen molar-refractivity contribution in [2.24, 2.45) is 7.05 Å². The molecule has 0 bridgehead atoms. The van der Waals surface area contributed by atoms with Crippen molar-refractivity contribution in [2.75, 3.05) is 21.3 Å². The maximum atomic E-state index is 14.0. The Balaban J connectivity index is 1.84. The maximum Gasteiger partial charge on any atom is 0.337 e. The van der Waals surface area contributed by atoms with Gasteiger partial charge >= 0.3 is 11.7 Å². The summed E-state index contributed by atoms with van der Waals surface area (Å²) in [6.07, 6.45) is 0. The van der Waals surface area contributed by atoms with Gasteiger partial charge < -0.3 is 18.8 Å². The third kappa shape index (κ3) is 4.11. The number of carbonyl (C=O) groups excluding carboxylic acids is 1. The molecule has 194 valence electrons. The largest absolute Gasteiger partial charge is 0.497 e. The molecule has 5 rings (SSSR count). The summed E-state index contributed by atoms with van der Waals surface area (Å²) >= 11 is 0. The summed E-state index contributed by atoms with van der Waals surface area (Å²) in [7, 11) is 6.20. The Kier molecular flexibility index (Phi) is 6.50. The number of aromatic nitrogens is 3. The number of benzene rings is 3. The lowest BCUT2D eigenvalue weighted by atomic mass is 10.1. The highest BCUT2D eigenvalue weighted by atomic mass is 16.5. The lowest BCUT2D eigenvalue weighted by molar-refractivity contribution is 0.0600. The number of methoxy groups -OCH3 is 3. The topological polar surface area (TPSA) is 93.7 Å². The van der Waals surface area contributed by atoms with Crippen LogP contribution >= 0.6 is 0 Å². The van der Waals surface area contributed by atoms with Crippen LogP contribution in [0.25, 0.3) is 21.9 Å². The minimum Gasteiger partial charge on any atom is -0.497 e. The van der Waals surface area contributed by atoms with Crippen molar-refractivity contribution in [1.82, 2.24) is 13.7 Å². The van der Waals surface area contributed by atoms with E-state index in [2.05, 4.69) is 0 Å². The molecular weight excluding hydrogens is 486 g/mol. The van der Waals surface area contributed by atoms with Gasteiger partial charge in [0.05, 0.1) is 51.0 Å². The first-order valence-corrected chi connectivity index (χ1v) is 12.0. The number of ether oxygens (including phenoxy) is 3. The number of fused-ring (bicyclic) bond motifs is 3. The molecule has 0 saturated heterocycles. The smallest absolute Gasteiger partial charge is 0.337 e. The van der Waals surface area contributed by atoms with Gasteiger partial charge in [-0.1, -0.05) is 30.3 Å². The van der Waals surface area contributed by atoms with Crippen LogP contribution < -0.4 is 20.7 Å². The van der Waals surface area contributed by atoms with Crippen LogP contribution in [0, 0.1) is 0 Å². The van der Waals surface area contributed by atoms with Gasteiger partial charge in [-0.2, -0.15) is 0 Å². The molecule has 0 aliphatic rings. The highest BCUT2D eigenvalue weighted by Crippen LogP contribution is 2.30. The van der Waals surface area contributed by atoms with E-state index in [1.165, 1.54) is 18.8 Å². The van der Waals surface area contributed by atoms with Crippen molar-refractivity contribution in [1.29, 1.82) is 0 Å². The number of aryl methyl sites for hydroxylation is 1. The van der Waals surface area contributed by atoms with Crippen LogP contribution in [0.5, 0.6) is 11.5 Å². The molecular formula is C29H27N3O6. The van der Waals surface area contributed by atoms with Gasteiger partial charge in [-0.3, -0.25) is 13.9 Å². The SMILES string of the molecule is COC(=O)c1ccc(OC)c(Cn2c(=O)n(Cc3ccccc3)c(=O)c3c2c2cc(OC)ccc2n3C)c1. The molecule has 0 aliphatic carbocycles. The molecule has 0 unspecified atom stereocenters. The van der Waals surface area contributed by atoms with Gasteiger partial charge in [0.2, 0.25) is 0 Å². The zero-order valence-electron chi connectivity index (χ0n) is 21.6. The van der Waals surface area contributed by atoms with Crippen molar-refractivity contribution in [2.45, 2.75) is 13.1 Å². The Labute approximate surface area is 218 Å². The maximum absolute atomic E-state index is 14.0. The monoisotopic (exact) mass is 513 g/mol. The summed E-state index contributed by atoms with van der Waals surface area (Å²) in [4.78, 5) is 40.1. The standard InChI is InChI=1S/C29H27N3O6/c1-30-23-12-11-21(36-2)15-22(23)25-26(30)27(33)32(16-18-8-6-5-7-9-18)29(35)31(25)17-20-14-19(28(34)38-4)10-13-24(20)37-3/h5-15H,16-17H2,1-4H3. The quantitative estimate of drug-likeness (QED) is 0.309. The van der Waals surface area contributed by atoms with Gasteiger partial charge in [0.1, 0.15) is 17.0 Å². The fourth-order valence-electron chi connectivity index (χ4n) is 4.87. The second kappa shape index (κ2) is 9.93. The normalized spacial score (nSPS) is 11.2. The predicted octanol–water partition coefficient (Wildman–Crippen LogP) is 3.56. The molecule has 0 spiro atoms. The molecule has 0 fully saturated rings. The molecule has 38 heavy (non-hydrogen) atoms. The molecule has 2 aromatic heterocycles. The van der Waals surface area contributed by atoms with Crippen LogP contribution in [-0.2, 0) is 24.9 Å². The molecule has 0 saturated carbocycles. The molecule has 0 radical (unpaired) electrons. The number of nitrogens with zero attached hydrogens (tertiary/aromatic N) is 3. The van der Waals surface area contributed by atoms with E-state index in [0.29, 0.717) is 39.0 Å². The average Bonchev–Trinajstić information content (AvgIpc) is 3.24. The molecule has 9 heteroatoms. The summed E-state index contributed by atoms with van der Waals surface area (Å²) < 4.78 is 20.5. The van der Waals surface area contributed by atoms with Crippen molar-refractivity contribution in [3.63, 3.8) is 0 Å². The Morgan fingerprint density at radius 2 is 1.58 bits per heavy atom. The Morgan fingerprint density at radius 3 is 2.26 bits per heavy atom. The number of carbonyl (C=O) groups is 1. The van der Waals surface area contributed by atoms with Gasteiger partial charge in [-0.05, 0) is 42.0 Å². The van der Waals surface area contributed by atoms with Crippen LogP contribution in [-0.4, -0.2) is 41.0 Å². The van der Waals surface area contributed by atoms with Crippen LogP contribution in [0.15, 0.2) is 76.3 Å². The Hall–Kier alpha value is -4.79. The highest BCUT2D eigenvalue weighted by Gasteiger charge is 2.22. The van der Waals surface area contributed by atoms with E-state index in [0.717, 1.165) is 11.1 Å². The lowest BCUT2D eigenvalue weighted by Crippen LogP contribution is -2.41. The summed E-state index contributed by atoms with van der Waals surface area (Å²) in [5.41, 5.74) is 2.50. The number of rotatable bonds is 7.